The number of carbonyl (C=O) groups is 1. The first-order chi connectivity index (χ1) is 11.3. The zero-order chi connectivity index (χ0) is 17.7. The fourth-order valence-corrected chi connectivity index (χ4v) is 3.36. The first kappa shape index (κ1) is 18.9. The van der Waals surface area contributed by atoms with Gasteiger partial charge < -0.3 is 15.6 Å². The number of hydrogen-bond donors (Lipinski definition) is 2. The Hall–Kier alpha value is -1.43. The van der Waals surface area contributed by atoms with Crippen LogP contribution in [0.25, 0.3) is 0 Å². The summed E-state index contributed by atoms with van der Waals surface area (Å²) in [6.45, 7) is 7.21. The van der Waals surface area contributed by atoms with Crippen LogP contribution in [0.3, 0.4) is 0 Å². The fraction of sp³-hybridized carbons (Fsp3) is 0.632. The van der Waals surface area contributed by atoms with Crippen LogP contribution in [0.5, 0.6) is 0 Å². The number of nitrogens with zero attached hydrogens (tertiary/aromatic N) is 1. The number of rotatable bonds is 6. The lowest BCUT2D eigenvalue weighted by Gasteiger charge is -2.27. The second kappa shape index (κ2) is 8.10. The van der Waals surface area contributed by atoms with Gasteiger partial charge in [0.25, 0.3) is 0 Å². The van der Waals surface area contributed by atoms with Crippen LogP contribution < -0.4 is 5.73 Å². The number of likely N-dealkylation sites (tertiary alicyclic amines) is 1. The normalized spacial score (nSPS) is 25.0. The molecule has 0 saturated carbocycles. The SMILES string of the molecule is CC(C)(C)OC(=O)[C@@H]1C(N)N(Cc2ccccc2)C[C@@H]1CCCO. The number of aliphatic hydroxyl groups excluding tert-OH is 1. The number of nitrogens with two attached hydrogens (primary N) is 1. The minimum atomic E-state index is -0.523. The molecule has 5 nitrogen and oxygen atoms in total. The van der Waals surface area contributed by atoms with Crippen molar-refractivity contribution >= 4 is 5.97 Å². The Balaban J connectivity index is 2.11. The van der Waals surface area contributed by atoms with Crippen molar-refractivity contribution < 1.29 is 14.6 Å². The molecule has 1 fully saturated rings. The predicted molar refractivity (Wildman–Crippen MR) is 94.0 cm³/mol. The molecule has 0 aliphatic carbocycles. The molecule has 1 saturated heterocycles. The Morgan fingerprint density at radius 2 is 2.00 bits per heavy atom. The lowest BCUT2D eigenvalue weighted by atomic mass is 9.90. The van der Waals surface area contributed by atoms with Gasteiger partial charge in [-0.1, -0.05) is 30.3 Å². The minimum Gasteiger partial charge on any atom is -0.460 e. The molecule has 3 atom stereocenters. The highest BCUT2D eigenvalue weighted by Gasteiger charge is 2.45. The van der Waals surface area contributed by atoms with Gasteiger partial charge in [0, 0.05) is 19.7 Å². The van der Waals surface area contributed by atoms with Crippen LogP contribution >= 0.6 is 0 Å². The molecule has 0 bridgehead atoms. The van der Waals surface area contributed by atoms with E-state index in [9.17, 15) is 4.79 Å². The van der Waals surface area contributed by atoms with E-state index < -0.39 is 5.60 Å². The highest BCUT2D eigenvalue weighted by Crippen LogP contribution is 2.33. The van der Waals surface area contributed by atoms with Gasteiger partial charge in [0.15, 0.2) is 0 Å². The average molecular weight is 334 g/mol. The van der Waals surface area contributed by atoms with E-state index in [1.54, 1.807) is 0 Å². The number of carbonyl (C=O) groups excluding carboxylic acids is 1. The molecule has 3 N–H and O–H groups in total. The molecule has 1 unspecified atom stereocenters. The van der Waals surface area contributed by atoms with E-state index in [1.165, 1.54) is 5.56 Å². The summed E-state index contributed by atoms with van der Waals surface area (Å²) in [5, 5.41) is 9.14. The maximum atomic E-state index is 12.7. The molecule has 1 aromatic carbocycles. The maximum Gasteiger partial charge on any atom is 0.312 e. The lowest BCUT2D eigenvalue weighted by molar-refractivity contribution is -0.162. The third-order valence-corrected chi connectivity index (χ3v) is 4.41. The number of aliphatic hydroxyl groups is 1. The van der Waals surface area contributed by atoms with Crippen LogP contribution in [-0.2, 0) is 16.1 Å². The monoisotopic (exact) mass is 334 g/mol. The Labute approximate surface area is 144 Å². The smallest absolute Gasteiger partial charge is 0.312 e. The Bertz CT molecular complexity index is 527. The molecule has 1 heterocycles. The molecule has 0 spiro atoms. The molecule has 2 rings (SSSR count). The summed E-state index contributed by atoms with van der Waals surface area (Å²) >= 11 is 0. The first-order valence-electron chi connectivity index (χ1n) is 8.69. The number of ether oxygens (including phenoxy) is 1. The third-order valence-electron chi connectivity index (χ3n) is 4.41. The van der Waals surface area contributed by atoms with Crippen LogP contribution in [0, 0.1) is 11.8 Å². The van der Waals surface area contributed by atoms with Crippen LogP contribution in [-0.4, -0.2) is 40.9 Å². The summed E-state index contributed by atoms with van der Waals surface area (Å²) in [4.78, 5) is 14.8. The van der Waals surface area contributed by atoms with Crippen molar-refractivity contribution in [3.05, 3.63) is 35.9 Å². The van der Waals surface area contributed by atoms with E-state index in [4.69, 9.17) is 15.6 Å². The van der Waals surface area contributed by atoms with E-state index in [2.05, 4.69) is 17.0 Å². The van der Waals surface area contributed by atoms with Gasteiger partial charge in [0.05, 0.1) is 12.1 Å². The van der Waals surface area contributed by atoms with Crippen LogP contribution in [0.4, 0.5) is 0 Å². The van der Waals surface area contributed by atoms with Crippen LogP contribution in [0.1, 0.15) is 39.2 Å². The van der Waals surface area contributed by atoms with E-state index in [0.29, 0.717) is 6.42 Å². The first-order valence-corrected chi connectivity index (χ1v) is 8.69. The van der Waals surface area contributed by atoms with E-state index in [-0.39, 0.29) is 30.6 Å². The van der Waals surface area contributed by atoms with E-state index in [1.807, 2.05) is 39.0 Å². The second-order valence-corrected chi connectivity index (χ2v) is 7.59. The van der Waals surface area contributed by atoms with Gasteiger partial charge in [-0.05, 0) is 45.1 Å². The quantitative estimate of drug-likeness (QED) is 0.780. The molecular formula is C19H30N2O3. The van der Waals surface area contributed by atoms with Crippen molar-refractivity contribution in [2.75, 3.05) is 13.2 Å². The molecule has 0 aromatic heterocycles. The fourth-order valence-electron chi connectivity index (χ4n) is 3.36. The van der Waals surface area contributed by atoms with Crippen molar-refractivity contribution in [3.63, 3.8) is 0 Å². The summed E-state index contributed by atoms with van der Waals surface area (Å²) in [7, 11) is 0. The van der Waals surface area contributed by atoms with Gasteiger partial charge in [-0.25, -0.2) is 0 Å². The van der Waals surface area contributed by atoms with Crippen LogP contribution in [0.2, 0.25) is 0 Å². The maximum absolute atomic E-state index is 12.7. The van der Waals surface area contributed by atoms with Crippen molar-refractivity contribution in [3.8, 4) is 0 Å². The van der Waals surface area contributed by atoms with Crippen molar-refractivity contribution in [1.29, 1.82) is 0 Å². The van der Waals surface area contributed by atoms with Gasteiger partial charge in [-0.3, -0.25) is 9.69 Å². The summed E-state index contributed by atoms with van der Waals surface area (Å²) in [5.74, 6) is -0.460. The third kappa shape index (κ3) is 5.03. The van der Waals surface area contributed by atoms with Crippen LogP contribution in [0.15, 0.2) is 30.3 Å². The summed E-state index contributed by atoms with van der Waals surface area (Å²) in [6.07, 6.45) is 1.10. The topological polar surface area (TPSA) is 75.8 Å². The zero-order valence-corrected chi connectivity index (χ0v) is 14.9. The Morgan fingerprint density at radius 1 is 1.33 bits per heavy atom. The van der Waals surface area contributed by atoms with Gasteiger partial charge >= 0.3 is 5.97 Å². The molecule has 1 aromatic rings. The molecule has 134 valence electrons. The Kier molecular flexibility index (Phi) is 6.38. The van der Waals surface area contributed by atoms with E-state index in [0.717, 1.165) is 19.5 Å². The van der Waals surface area contributed by atoms with Crippen molar-refractivity contribution in [2.45, 2.75) is 51.9 Å². The molecule has 1 aliphatic rings. The zero-order valence-electron chi connectivity index (χ0n) is 14.9. The Morgan fingerprint density at radius 3 is 2.58 bits per heavy atom. The van der Waals surface area contributed by atoms with Gasteiger partial charge in [0.2, 0.25) is 0 Å². The number of hydrogen-bond acceptors (Lipinski definition) is 5. The average Bonchev–Trinajstić information content (AvgIpc) is 2.80. The molecule has 0 radical (unpaired) electrons. The van der Waals surface area contributed by atoms with E-state index >= 15 is 0 Å². The second-order valence-electron chi connectivity index (χ2n) is 7.59. The minimum absolute atomic E-state index is 0.116. The summed E-state index contributed by atoms with van der Waals surface area (Å²) in [6, 6.07) is 10.1. The van der Waals surface area contributed by atoms with Crippen molar-refractivity contribution in [2.24, 2.45) is 17.6 Å². The largest absolute Gasteiger partial charge is 0.460 e. The number of esters is 1. The summed E-state index contributed by atoms with van der Waals surface area (Å²) < 4.78 is 5.59. The van der Waals surface area contributed by atoms with Gasteiger partial charge in [-0.2, -0.15) is 0 Å². The molecular weight excluding hydrogens is 304 g/mol. The highest BCUT2D eigenvalue weighted by atomic mass is 16.6. The molecule has 24 heavy (non-hydrogen) atoms. The van der Waals surface area contributed by atoms with Crippen molar-refractivity contribution in [1.82, 2.24) is 4.90 Å². The lowest BCUT2D eigenvalue weighted by Crippen LogP contribution is -2.44. The standard InChI is InChI=1S/C19H30N2O3/c1-19(2,3)24-18(23)16-15(10-7-11-22)13-21(17(16)20)12-14-8-5-4-6-9-14/h4-6,8-9,15-17,22H,7,10-13,20H2,1-3H3/t15-,16-,17?/m0/s1. The molecule has 1 aliphatic heterocycles. The molecule has 0 amide bonds. The molecule has 5 heteroatoms. The summed E-state index contributed by atoms with van der Waals surface area (Å²) in [5.41, 5.74) is 7.07. The van der Waals surface area contributed by atoms with Gasteiger partial charge in [0.1, 0.15) is 5.60 Å². The van der Waals surface area contributed by atoms with Gasteiger partial charge in [-0.15, -0.1) is 0 Å². The number of benzene rings is 1. The highest BCUT2D eigenvalue weighted by molar-refractivity contribution is 5.74. The predicted octanol–water partition coefficient (Wildman–Crippen LogP) is 2.13.